The Morgan fingerprint density at radius 2 is 2.16 bits per heavy atom. The van der Waals surface area contributed by atoms with Crippen LogP contribution in [-0.4, -0.2) is 49.6 Å². The minimum Gasteiger partial charge on any atom is -0.329 e. The zero-order valence-electron chi connectivity index (χ0n) is 11.8. The summed E-state index contributed by atoms with van der Waals surface area (Å²) >= 11 is 6.32. The Kier molecular flexibility index (Phi) is 5.22. The van der Waals surface area contributed by atoms with Crippen molar-refractivity contribution < 1.29 is 0 Å². The summed E-state index contributed by atoms with van der Waals surface area (Å²) in [6, 6.07) is 8.91. The van der Waals surface area contributed by atoms with Crippen LogP contribution in [0.25, 0.3) is 0 Å². The molecule has 0 spiro atoms. The highest BCUT2D eigenvalue weighted by Crippen LogP contribution is 2.29. The molecule has 2 atom stereocenters. The van der Waals surface area contributed by atoms with Crippen LogP contribution < -0.4 is 5.73 Å². The van der Waals surface area contributed by atoms with Crippen molar-refractivity contribution in [2.24, 2.45) is 5.73 Å². The smallest absolute Gasteiger partial charge is 0.0485 e. The van der Waals surface area contributed by atoms with Crippen molar-refractivity contribution >= 4 is 11.6 Å². The van der Waals surface area contributed by atoms with Crippen LogP contribution in [0.5, 0.6) is 0 Å². The molecular formula is C15H24ClN3. The van der Waals surface area contributed by atoms with Gasteiger partial charge in [-0.25, -0.2) is 0 Å². The van der Waals surface area contributed by atoms with Gasteiger partial charge in [0.05, 0.1) is 0 Å². The van der Waals surface area contributed by atoms with Gasteiger partial charge in [0, 0.05) is 30.2 Å². The second kappa shape index (κ2) is 6.71. The van der Waals surface area contributed by atoms with E-state index < -0.39 is 0 Å². The normalized spacial score (nSPS) is 22.7. The van der Waals surface area contributed by atoms with Gasteiger partial charge >= 0.3 is 0 Å². The van der Waals surface area contributed by atoms with Crippen molar-refractivity contribution in [3.8, 4) is 0 Å². The first-order valence-electron chi connectivity index (χ1n) is 6.98. The van der Waals surface area contributed by atoms with Crippen LogP contribution in [0.4, 0.5) is 0 Å². The molecular weight excluding hydrogens is 258 g/mol. The molecule has 1 heterocycles. The standard InChI is InChI=1S/C15H24ClN3/c1-18(2)12-6-5-9-19(11-12)15(10-17)13-7-3-4-8-14(13)16/h3-4,7-8,12,15H,5-6,9-11,17H2,1-2H3. The molecule has 4 heteroatoms. The predicted molar refractivity (Wildman–Crippen MR) is 81.5 cm³/mol. The summed E-state index contributed by atoms with van der Waals surface area (Å²) < 4.78 is 0. The van der Waals surface area contributed by atoms with E-state index in [4.69, 9.17) is 17.3 Å². The molecule has 1 saturated heterocycles. The van der Waals surface area contributed by atoms with Crippen molar-refractivity contribution in [2.75, 3.05) is 33.7 Å². The van der Waals surface area contributed by atoms with Gasteiger partial charge in [-0.1, -0.05) is 29.8 Å². The van der Waals surface area contributed by atoms with Crippen LogP contribution in [0.15, 0.2) is 24.3 Å². The molecule has 0 amide bonds. The van der Waals surface area contributed by atoms with Gasteiger partial charge in [-0.3, -0.25) is 4.90 Å². The van der Waals surface area contributed by atoms with Gasteiger partial charge in [0.25, 0.3) is 0 Å². The molecule has 106 valence electrons. The highest BCUT2D eigenvalue weighted by Gasteiger charge is 2.27. The molecule has 1 aromatic carbocycles. The second-order valence-corrected chi connectivity index (χ2v) is 5.93. The number of hydrogen-bond donors (Lipinski definition) is 1. The number of nitrogens with two attached hydrogens (primary N) is 1. The van der Waals surface area contributed by atoms with Crippen LogP contribution in [0.3, 0.4) is 0 Å². The van der Waals surface area contributed by atoms with E-state index in [1.807, 2.05) is 18.2 Å². The third-order valence-electron chi connectivity index (χ3n) is 4.09. The Balaban J connectivity index is 2.16. The molecule has 1 aliphatic rings. The number of halogens is 1. The third kappa shape index (κ3) is 3.48. The van der Waals surface area contributed by atoms with Crippen LogP contribution in [0.2, 0.25) is 5.02 Å². The lowest BCUT2D eigenvalue weighted by atomic mass is 9.99. The van der Waals surface area contributed by atoms with Gasteiger partial charge in [0.15, 0.2) is 0 Å². The first-order chi connectivity index (χ1) is 9.13. The monoisotopic (exact) mass is 281 g/mol. The lowest BCUT2D eigenvalue weighted by Crippen LogP contribution is -2.47. The Bertz CT molecular complexity index is 408. The number of likely N-dealkylation sites (N-methyl/N-ethyl adjacent to an activating group) is 1. The van der Waals surface area contributed by atoms with Gasteiger partial charge in [-0.05, 0) is 45.1 Å². The molecule has 2 unspecified atom stereocenters. The largest absolute Gasteiger partial charge is 0.329 e. The fraction of sp³-hybridized carbons (Fsp3) is 0.600. The van der Waals surface area contributed by atoms with Crippen LogP contribution in [0, 0.1) is 0 Å². The molecule has 0 radical (unpaired) electrons. The second-order valence-electron chi connectivity index (χ2n) is 5.53. The van der Waals surface area contributed by atoms with Gasteiger partial charge in [0.2, 0.25) is 0 Å². The molecule has 2 rings (SSSR count). The molecule has 0 aliphatic carbocycles. The molecule has 1 fully saturated rings. The minimum absolute atomic E-state index is 0.233. The number of piperidine rings is 1. The number of nitrogens with zero attached hydrogens (tertiary/aromatic N) is 2. The minimum atomic E-state index is 0.233. The summed E-state index contributed by atoms with van der Waals surface area (Å²) in [7, 11) is 4.31. The summed E-state index contributed by atoms with van der Waals surface area (Å²) in [4.78, 5) is 4.79. The zero-order valence-corrected chi connectivity index (χ0v) is 12.6. The van der Waals surface area contributed by atoms with Crippen LogP contribution >= 0.6 is 11.6 Å². The maximum atomic E-state index is 6.32. The highest BCUT2D eigenvalue weighted by molar-refractivity contribution is 6.31. The topological polar surface area (TPSA) is 32.5 Å². The Hall–Kier alpha value is -0.610. The molecule has 1 aromatic rings. The number of likely N-dealkylation sites (tertiary alicyclic amines) is 1. The van der Waals surface area contributed by atoms with E-state index in [1.165, 1.54) is 12.8 Å². The van der Waals surface area contributed by atoms with Gasteiger partial charge in [-0.15, -0.1) is 0 Å². The van der Waals surface area contributed by atoms with E-state index in [0.717, 1.165) is 23.7 Å². The predicted octanol–water partition coefficient (Wildman–Crippen LogP) is 2.37. The number of hydrogen-bond acceptors (Lipinski definition) is 3. The van der Waals surface area contributed by atoms with E-state index in [9.17, 15) is 0 Å². The summed E-state index contributed by atoms with van der Waals surface area (Å²) in [5, 5.41) is 0.824. The first kappa shape index (κ1) is 14.8. The average Bonchev–Trinajstić information content (AvgIpc) is 2.42. The van der Waals surface area contributed by atoms with E-state index in [0.29, 0.717) is 12.6 Å². The van der Waals surface area contributed by atoms with E-state index in [1.54, 1.807) is 0 Å². The quantitative estimate of drug-likeness (QED) is 0.920. The maximum absolute atomic E-state index is 6.32. The molecule has 0 aromatic heterocycles. The highest BCUT2D eigenvalue weighted by atomic mass is 35.5. The summed E-state index contributed by atoms with van der Waals surface area (Å²) in [6.45, 7) is 2.79. The lowest BCUT2D eigenvalue weighted by Gasteiger charge is -2.40. The van der Waals surface area contributed by atoms with Crippen molar-refractivity contribution in [2.45, 2.75) is 24.9 Å². The Morgan fingerprint density at radius 1 is 1.42 bits per heavy atom. The van der Waals surface area contributed by atoms with Crippen LogP contribution in [0.1, 0.15) is 24.4 Å². The molecule has 1 aliphatic heterocycles. The van der Waals surface area contributed by atoms with E-state index in [-0.39, 0.29) is 6.04 Å². The van der Waals surface area contributed by atoms with Crippen molar-refractivity contribution in [3.63, 3.8) is 0 Å². The van der Waals surface area contributed by atoms with Gasteiger partial charge < -0.3 is 10.6 Å². The fourth-order valence-corrected chi connectivity index (χ4v) is 3.17. The van der Waals surface area contributed by atoms with Gasteiger partial charge in [0.1, 0.15) is 0 Å². The van der Waals surface area contributed by atoms with E-state index in [2.05, 4.69) is 30.0 Å². The van der Waals surface area contributed by atoms with Crippen molar-refractivity contribution in [1.82, 2.24) is 9.80 Å². The first-order valence-corrected chi connectivity index (χ1v) is 7.36. The van der Waals surface area contributed by atoms with Crippen molar-refractivity contribution in [1.29, 1.82) is 0 Å². The Morgan fingerprint density at radius 3 is 2.79 bits per heavy atom. The molecule has 19 heavy (non-hydrogen) atoms. The number of benzene rings is 1. The third-order valence-corrected chi connectivity index (χ3v) is 4.43. The number of rotatable bonds is 4. The zero-order chi connectivity index (χ0) is 13.8. The van der Waals surface area contributed by atoms with E-state index >= 15 is 0 Å². The lowest BCUT2D eigenvalue weighted by molar-refractivity contribution is 0.0984. The molecule has 0 bridgehead atoms. The Labute approximate surface area is 121 Å². The molecule has 2 N–H and O–H groups in total. The molecule has 3 nitrogen and oxygen atoms in total. The average molecular weight is 282 g/mol. The van der Waals surface area contributed by atoms with Crippen LogP contribution in [-0.2, 0) is 0 Å². The fourth-order valence-electron chi connectivity index (χ4n) is 2.91. The summed E-state index contributed by atoms with van der Waals surface area (Å²) in [5.74, 6) is 0. The van der Waals surface area contributed by atoms with Gasteiger partial charge in [-0.2, -0.15) is 0 Å². The summed E-state index contributed by atoms with van der Waals surface area (Å²) in [5.41, 5.74) is 7.17. The van der Waals surface area contributed by atoms with Crippen molar-refractivity contribution in [3.05, 3.63) is 34.9 Å². The summed E-state index contributed by atoms with van der Waals surface area (Å²) in [6.07, 6.45) is 2.49. The maximum Gasteiger partial charge on any atom is 0.0485 e. The molecule has 0 saturated carbocycles. The SMILES string of the molecule is CN(C)C1CCCN(C(CN)c2ccccc2Cl)C1.